The number of fused-ring (bicyclic) bond motifs is 1. The molecule has 5 rings (SSSR count). The predicted molar refractivity (Wildman–Crippen MR) is 111 cm³/mol. The maximum atomic E-state index is 13.0. The number of hydrogen-bond acceptors (Lipinski definition) is 7. The fourth-order valence-electron chi connectivity index (χ4n) is 3.83. The molecule has 0 saturated carbocycles. The molecule has 9 nitrogen and oxygen atoms in total. The molecule has 3 aromatic rings. The summed E-state index contributed by atoms with van der Waals surface area (Å²) in [4.78, 5) is 19.2. The Hall–Kier alpha value is -3.75. The van der Waals surface area contributed by atoms with E-state index in [1.807, 2.05) is 24.3 Å². The van der Waals surface area contributed by atoms with Crippen LogP contribution in [-0.4, -0.2) is 47.9 Å². The van der Waals surface area contributed by atoms with E-state index in [4.69, 9.17) is 18.7 Å². The van der Waals surface area contributed by atoms with E-state index in [9.17, 15) is 4.79 Å². The van der Waals surface area contributed by atoms with E-state index in [1.165, 1.54) is 0 Å². The van der Waals surface area contributed by atoms with Gasteiger partial charge in [0.15, 0.2) is 11.5 Å². The predicted octanol–water partition coefficient (Wildman–Crippen LogP) is 3.89. The van der Waals surface area contributed by atoms with Crippen LogP contribution in [0.4, 0.5) is 10.5 Å². The van der Waals surface area contributed by atoms with Crippen LogP contribution in [0, 0.1) is 0 Å². The first-order valence-corrected chi connectivity index (χ1v) is 10.2. The number of aromatic nitrogens is 2. The number of rotatable bonds is 4. The van der Waals surface area contributed by atoms with Crippen LogP contribution in [0.5, 0.6) is 17.2 Å². The minimum absolute atomic E-state index is 0.222. The van der Waals surface area contributed by atoms with Gasteiger partial charge in [-0.1, -0.05) is 17.3 Å². The Kier molecular flexibility index (Phi) is 5.07. The molecule has 0 bridgehead atoms. The van der Waals surface area contributed by atoms with E-state index >= 15 is 0 Å². The van der Waals surface area contributed by atoms with Crippen molar-refractivity contribution < 1.29 is 23.5 Å². The molecule has 1 N–H and O–H groups in total. The Morgan fingerprint density at radius 1 is 1.16 bits per heavy atom. The zero-order chi connectivity index (χ0) is 21.2. The molecule has 2 aliphatic rings. The lowest BCUT2D eigenvalue weighted by atomic mass is 10.2. The quantitative estimate of drug-likeness (QED) is 0.681. The standard InChI is InChI=1S/C22H22N4O5/c1-28-16-5-2-4-14(12-16)20-24-21(31-25-20)17-6-3-9-26(17)22(27)23-15-7-8-18-19(13-15)30-11-10-29-18/h2,4-5,7-8,12-13,17H,3,6,9-11H2,1H3,(H,23,27)/t17-/m1/s1. The van der Waals surface area contributed by atoms with E-state index in [1.54, 1.807) is 30.2 Å². The molecule has 1 saturated heterocycles. The van der Waals surface area contributed by atoms with Crippen LogP contribution in [0.25, 0.3) is 11.4 Å². The topological polar surface area (TPSA) is 99.0 Å². The van der Waals surface area contributed by atoms with Crippen molar-refractivity contribution in [2.75, 3.05) is 32.2 Å². The zero-order valence-corrected chi connectivity index (χ0v) is 17.0. The molecule has 2 aromatic carbocycles. The van der Waals surface area contributed by atoms with Crippen molar-refractivity contribution in [3.8, 4) is 28.6 Å². The van der Waals surface area contributed by atoms with Crippen molar-refractivity contribution in [2.24, 2.45) is 0 Å². The van der Waals surface area contributed by atoms with Gasteiger partial charge in [0, 0.05) is 23.9 Å². The normalized spacial score (nSPS) is 17.5. The highest BCUT2D eigenvalue weighted by atomic mass is 16.6. The zero-order valence-electron chi connectivity index (χ0n) is 17.0. The van der Waals surface area contributed by atoms with Crippen LogP contribution in [0.2, 0.25) is 0 Å². The lowest BCUT2D eigenvalue weighted by Gasteiger charge is -2.23. The summed E-state index contributed by atoms with van der Waals surface area (Å²) in [7, 11) is 1.61. The van der Waals surface area contributed by atoms with Crippen molar-refractivity contribution in [3.05, 3.63) is 48.4 Å². The third-order valence-corrected chi connectivity index (χ3v) is 5.36. The Morgan fingerprint density at radius 2 is 2.03 bits per heavy atom. The second kappa shape index (κ2) is 8.17. The molecule has 160 valence electrons. The number of benzene rings is 2. The van der Waals surface area contributed by atoms with Gasteiger partial charge in [0.25, 0.3) is 0 Å². The van der Waals surface area contributed by atoms with Crippen LogP contribution in [-0.2, 0) is 0 Å². The molecule has 9 heteroatoms. The molecule has 2 amide bonds. The van der Waals surface area contributed by atoms with Gasteiger partial charge in [0.1, 0.15) is 25.0 Å². The highest BCUT2D eigenvalue weighted by Gasteiger charge is 2.34. The Bertz CT molecular complexity index is 1100. The number of carbonyl (C=O) groups is 1. The Balaban J connectivity index is 1.32. The molecule has 1 atom stereocenters. The van der Waals surface area contributed by atoms with Gasteiger partial charge in [0.05, 0.1) is 7.11 Å². The largest absolute Gasteiger partial charge is 0.497 e. The first kappa shape index (κ1) is 19.2. The number of anilines is 1. The Morgan fingerprint density at radius 3 is 2.90 bits per heavy atom. The smallest absolute Gasteiger partial charge is 0.322 e. The first-order chi connectivity index (χ1) is 15.2. The second-order valence-corrected chi connectivity index (χ2v) is 7.33. The molecule has 2 aliphatic heterocycles. The summed E-state index contributed by atoms with van der Waals surface area (Å²) in [6.07, 6.45) is 1.62. The maximum absolute atomic E-state index is 13.0. The van der Waals surface area contributed by atoms with Gasteiger partial charge in [-0.2, -0.15) is 4.98 Å². The molecular weight excluding hydrogens is 400 g/mol. The third kappa shape index (κ3) is 3.86. The number of ether oxygens (including phenoxy) is 3. The fourth-order valence-corrected chi connectivity index (χ4v) is 3.83. The van der Waals surface area contributed by atoms with E-state index in [0.717, 1.165) is 18.4 Å². The number of likely N-dealkylation sites (tertiary alicyclic amines) is 1. The number of amides is 2. The third-order valence-electron chi connectivity index (χ3n) is 5.36. The van der Waals surface area contributed by atoms with Gasteiger partial charge in [0.2, 0.25) is 11.7 Å². The summed E-state index contributed by atoms with van der Waals surface area (Å²) in [5.74, 6) is 2.91. The highest BCUT2D eigenvalue weighted by Crippen LogP contribution is 2.35. The van der Waals surface area contributed by atoms with Crippen LogP contribution in [0.1, 0.15) is 24.8 Å². The molecule has 0 spiro atoms. The molecule has 1 fully saturated rings. The van der Waals surface area contributed by atoms with Crippen molar-refractivity contribution in [2.45, 2.75) is 18.9 Å². The summed E-state index contributed by atoms with van der Waals surface area (Å²) >= 11 is 0. The number of urea groups is 1. The monoisotopic (exact) mass is 422 g/mol. The van der Waals surface area contributed by atoms with Crippen molar-refractivity contribution in [1.82, 2.24) is 15.0 Å². The van der Waals surface area contributed by atoms with E-state index in [0.29, 0.717) is 54.4 Å². The number of nitrogens with one attached hydrogen (secondary N) is 1. The van der Waals surface area contributed by atoms with Gasteiger partial charge >= 0.3 is 6.03 Å². The summed E-state index contributed by atoms with van der Waals surface area (Å²) in [5, 5.41) is 7.03. The van der Waals surface area contributed by atoms with Gasteiger partial charge < -0.3 is 29.0 Å². The lowest BCUT2D eigenvalue weighted by Crippen LogP contribution is -2.34. The van der Waals surface area contributed by atoms with E-state index in [2.05, 4.69) is 15.5 Å². The molecular formula is C22H22N4O5. The summed E-state index contributed by atoms with van der Waals surface area (Å²) < 4.78 is 21.9. The molecule has 0 radical (unpaired) electrons. The Labute approximate surface area is 178 Å². The van der Waals surface area contributed by atoms with Gasteiger partial charge in [-0.25, -0.2) is 4.79 Å². The number of nitrogens with zero attached hydrogens (tertiary/aromatic N) is 3. The minimum atomic E-state index is -0.274. The molecule has 0 aliphatic carbocycles. The van der Waals surface area contributed by atoms with Crippen LogP contribution in [0.15, 0.2) is 47.0 Å². The van der Waals surface area contributed by atoms with Crippen LogP contribution < -0.4 is 19.5 Å². The number of methoxy groups -OCH3 is 1. The van der Waals surface area contributed by atoms with Gasteiger partial charge in [-0.05, 0) is 37.1 Å². The molecule has 1 aromatic heterocycles. The lowest BCUT2D eigenvalue weighted by molar-refractivity contribution is 0.171. The van der Waals surface area contributed by atoms with Crippen molar-refractivity contribution >= 4 is 11.7 Å². The van der Waals surface area contributed by atoms with Gasteiger partial charge in [-0.15, -0.1) is 0 Å². The number of hydrogen-bond donors (Lipinski definition) is 1. The summed E-state index contributed by atoms with van der Waals surface area (Å²) in [6, 6.07) is 12.3. The second-order valence-electron chi connectivity index (χ2n) is 7.33. The molecule has 3 heterocycles. The highest BCUT2D eigenvalue weighted by molar-refractivity contribution is 5.90. The minimum Gasteiger partial charge on any atom is -0.497 e. The summed E-state index contributed by atoms with van der Waals surface area (Å²) in [5.41, 5.74) is 1.43. The summed E-state index contributed by atoms with van der Waals surface area (Å²) in [6.45, 7) is 1.62. The molecule has 31 heavy (non-hydrogen) atoms. The van der Waals surface area contributed by atoms with Crippen LogP contribution in [0.3, 0.4) is 0 Å². The first-order valence-electron chi connectivity index (χ1n) is 10.2. The maximum Gasteiger partial charge on any atom is 0.322 e. The average Bonchev–Trinajstić information content (AvgIpc) is 3.49. The van der Waals surface area contributed by atoms with E-state index < -0.39 is 0 Å². The molecule has 0 unspecified atom stereocenters. The average molecular weight is 422 g/mol. The SMILES string of the molecule is COc1cccc(-c2noc([C@H]3CCCN3C(=O)Nc3ccc4c(c3)OCCO4)n2)c1. The van der Waals surface area contributed by atoms with Crippen molar-refractivity contribution in [1.29, 1.82) is 0 Å². The number of carbonyl (C=O) groups excluding carboxylic acids is 1. The fraction of sp³-hybridized carbons (Fsp3) is 0.318. The van der Waals surface area contributed by atoms with Crippen LogP contribution >= 0.6 is 0 Å². The van der Waals surface area contributed by atoms with Crippen molar-refractivity contribution in [3.63, 3.8) is 0 Å². The van der Waals surface area contributed by atoms with Gasteiger partial charge in [-0.3, -0.25) is 0 Å². The van der Waals surface area contributed by atoms with E-state index in [-0.39, 0.29) is 12.1 Å².